The number of anilines is 1. The molecule has 1 atom stereocenters. The highest BCUT2D eigenvalue weighted by atomic mass is 16.1. The summed E-state index contributed by atoms with van der Waals surface area (Å²) in [5.41, 5.74) is 2.38. The minimum atomic E-state index is 0.0729. The number of hydrogen-bond donors (Lipinski definition) is 2. The van der Waals surface area contributed by atoms with Gasteiger partial charge in [-0.1, -0.05) is 18.2 Å². The monoisotopic (exact) mass is 228 g/mol. The number of amides is 1. The largest absolute Gasteiger partial charge is 0.384 e. The molecule has 17 heavy (non-hydrogen) atoms. The summed E-state index contributed by atoms with van der Waals surface area (Å²) in [6, 6.07) is 8.14. The number of carbonyl (C=O) groups is 1. The van der Waals surface area contributed by atoms with Gasteiger partial charge in [0, 0.05) is 37.5 Å². The number of hydrogen-bond acceptors (Lipinski definition) is 2. The van der Waals surface area contributed by atoms with Crippen molar-refractivity contribution in [2.75, 3.05) is 18.4 Å². The quantitative estimate of drug-likeness (QED) is 0.608. The van der Waals surface area contributed by atoms with E-state index in [-0.39, 0.29) is 11.8 Å². The number of para-hydroxylation sites is 1. The van der Waals surface area contributed by atoms with E-state index >= 15 is 0 Å². The first kappa shape index (κ1) is 11.5. The van der Waals surface area contributed by atoms with Crippen molar-refractivity contribution in [2.45, 2.75) is 18.8 Å². The Hall–Kier alpha value is -1.95. The van der Waals surface area contributed by atoms with Crippen molar-refractivity contribution in [1.82, 2.24) is 5.32 Å². The fourth-order valence-electron chi connectivity index (χ4n) is 2.11. The van der Waals surface area contributed by atoms with Gasteiger partial charge in [-0.2, -0.15) is 0 Å². The van der Waals surface area contributed by atoms with Crippen molar-refractivity contribution < 1.29 is 4.79 Å². The summed E-state index contributed by atoms with van der Waals surface area (Å²) in [6.07, 6.45) is 6.24. The van der Waals surface area contributed by atoms with Crippen molar-refractivity contribution >= 4 is 11.6 Å². The topological polar surface area (TPSA) is 41.1 Å². The molecule has 0 fully saturated rings. The van der Waals surface area contributed by atoms with Gasteiger partial charge in [-0.05, 0) is 11.6 Å². The predicted molar refractivity (Wildman–Crippen MR) is 68.7 cm³/mol. The lowest BCUT2D eigenvalue weighted by Gasteiger charge is -2.09. The highest BCUT2D eigenvalue weighted by molar-refractivity contribution is 5.78. The molecule has 1 aromatic rings. The first-order valence-electron chi connectivity index (χ1n) is 5.84. The van der Waals surface area contributed by atoms with Gasteiger partial charge in [-0.15, -0.1) is 12.3 Å². The van der Waals surface area contributed by atoms with Crippen LogP contribution in [0.25, 0.3) is 0 Å². The SMILES string of the molecule is C#CCCNC(=O)CC1CNc2ccccc21. The third-order valence-electron chi connectivity index (χ3n) is 2.96. The molecule has 3 heteroatoms. The van der Waals surface area contributed by atoms with Crippen LogP contribution >= 0.6 is 0 Å². The second kappa shape index (κ2) is 5.40. The Bertz CT molecular complexity index is 448. The zero-order valence-corrected chi connectivity index (χ0v) is 9.70. The second-order valence-corrected chi connectivity index (χ2v) is 4.17. The van der Waals surface area contributed by atoms with Gasteiger partial charge in [0.05, 0.1) is 0 Å². The summed E-state index contributed by atoms with van der Waals surface area (Å²) < 4.78 is 0. The Morgan fingerprint density at radius 1 is 1.53 bits per heavy atom. The molecular formula is C14H16N2O. The fourth-order valence-corrected chi connectivity index (χ4v) is 2.11. The minimum Gasteiger partial charge on any atom is -0.384 e. The van der Waals surface area contributed by atoms with E-state index in [1.807, 2.05) is 18.2 Å². The summed E-state index contributed by atoms with van der Waals surface area (Å²) in [6.45, 7) is 1.40. The zero-order valence-electron chi connectivity index (χ0n) is 9.70. The smallest absolute Gasteiger partial charge is 0.220 e. The van der Waals surface area contributed by atoms with Crippen LogP contribution in [0.5, 0.6) is 0 Å². The third-order valence-corrected chi connectivity index (χ3v) is 2.96. The summed E-state index contributed by atoms with van der Waals surface area (Å²) >= 11 is 0. The van der Waals surface area contributed by atoms with E-state index in [0.717, 1.165) is 12.2 Å². The molecule has 0 spiro atoms. The first-order chi connectivity index (χ1) is 8.31. The molecular weight excluding hydrogens is 212 g/mol. The van der Waals surface area contributed by atoms with Gasteiger partial charge in [-0.25, -0.2) is 0 Å². The van der Waals surface area contributed by atoms with Crippen LogP contribution in [0.4, 0.5) is 5.69 Å². The van der Waals surface area contributed by atoms with Crippen LogP contribution in [-0.4, -0.2) is 19.0 Å². The van der Waals surface area contributed by atoms with Crippen molar-refractivity contribution in [3.05, 3.63) is 29.8 Å². The average Bonchev–Trinajstić information content (AvgIpc) is 2.73. The predicted octanol–water partition coefficient (Wildman–Crippen LogP) is 1.73. The molecule has 1 unspecified atom stereocenters. The molecule has 1 heterocycles. The van der Waals surface area contributed by atoms with Crippen molar-refractivity contribution in [3.63, 3.8) is 0 Å². The maximum absolute atomic E-state index is 11.7. The van der Waals surface area contributed by atoms with Gasteiger partial charge in [0.2, 0.25) is 5.91 Å². The Balaban J connectivity index is 1.89. The molecule has 0 aliphatic carbocycles. The van der Waals surface area contributed by atoms with Gasteiger partial charge in [0.1, 0.15) is 0 Å². The highest BCUT2D eigenvalue weighted by Gasteiger charge is 2.23. The molecule has 2 rings (SSSR count). The van der Waals surface area contributed by atoms with Crippen LogP contribution in [-0.2, 0) is 4.79 Å². The lowest BCUT2D eigenvalue weighted by molar-refractivity contribution is -0.121. The van der Waals surface area contributed by atoms with E-state index in [4.69, 9.17) is 6.42 Å². The second-order valence-electron chi connectivity index (χ2n) is 4.17. The summed E-state index contributed by atoms with van der Waals surface area (Å²) in [4.78, 5) is 11.7. The number of terminal acetylenes is 1. The highest BCUT2D eigenvalue weighted by Crippen LogP contribution is 2.32. The standard InChI is InChI=1S/C14H16N2O/c1-2-3-8-15-14(17)9-11-10-16-13-7-5-4-6-12(11)13/h1,4-7,11,16H,3,8-10H2,(H,15,17). The summed E-state index contributed by atoms with van der Waals surface area (Å²) in [5.74, 6) is 2.85. The number of carbonyl (C=O) groups excluding carboxylic acids is 1. The molecule has 1 aromatic carbocycles. The van der Waals surface area contributed by atoms with Crippen molar-refractivity contribution in [3.8, 4) is 12.3 Å². The summed E-state index contributed by atoms with van der Waals surface area (Å²) in [7, 11) is 0. The molecule has 0 aromatic heterocycles. The van der Waals surface area contributed by atoms with E-state index in [1.54, 1.807) is 0 Å². The van der Waals surface area contributed by atoms with Crippen LogP contribution in [0.15, 0.2) is 24.3 Å². The van der Waals surface area contributed by atoms with E-state index in [9.17, 15) is 4.79 Å². The molecule has 0 saturated carbocycles. The molecule has 0 radical (unpaired) electrons. The number of benzene rings is 1. The minimum absolute atomic E-state index is 0.0729. The molecule has 88 valence electrons. The maximum Gasteiger partial charge on any atom is 0.220 e. The Morgan fingerprint density at radius 3 is 3.18 bits per heavy atom. The van der Waals surface area contributed by atoms with Crippen LogP contribution in [0.2, 0.25) is 0 Å². The molecule has 1 aliphatic rings. The van der Waals surface area contributed by atoms with E-state index < -0.39 is 0 Å². The lowest BCUT2D eigenvalue weighted by Crippen LogP contribution is -2.26. The van der Waals surface area contributed by atoms with Gasteiger partial charge in [0.25, 0.3) is 0 Å². The number of nitrogens with one attached hydrogen (secondary N) is 2. The molecule has 3 nitrogen and oxygen atoms in total. The molecule has 0 saturated heterocycles. The Labute approximate surface area is 102 Å². The number of fused-ring (bicyclic) bond motifs is 1. The fraction of sp³-hybridized carbons (Fsp3) is 0.357. The molecule has 0 bridgehead atoms. The Morgan fingerprint density at radius 2 is 2.35 bits per heavy atom. The van der Waals surface area contributed by atoms with E-state index in [2.05, 4.69) is 22.6 Å². The normalized spacial score (nSPS) is 16.8. The third kappa shape index (κ3) is 2.79. The number of rotatable bonds is 4. The van der Waals surface area contributed by atoms with Gasteiger partial charge in [-0.3, -0.25) is 4.79 Å². The van der Waals surface area contributed by atoms with Gasteiger partial charge >= 0.3 is 0 Å². The molecule has 1 amide bonds. The average molecular weight is 228 g/mol. The van der Waals surface area contributed by atoms with E-state index in [0.29, 0.717) is 19.4 Å². The zero-order chi connectivity index (χ0) is 12.1. The van der Waals surface area contributed by atoms with Crippen molar-refractivity contribution in [1.29, 1.82) is 0 Å². The van der Waals surface area contributed by atoms with Crippen LogP contribution < -0.4 is 10.6 Å². The molecule has 1 aliphatic heterocycles. The summed E-state index contributed by atoms with van der Waals surface area (Å²) in [5, 5.41) is 6.14. The first-order valence-corrected chi connectivity index (χ1v) is 5.84. The van der Waals surface area contributed by atoms with Crippen LogP contribution in [0.1, 0.15) is 24.3 Å². The van der Waals surface area contributed by atoms with Crippen LogP contribution in [0.3, 0.4) is 0 Å². The lowest BCUT2D eigenvalue weighted by atomic mass is 9.97. The Kier molecular flexibility index (Phi) is 3.66. The maximum atomic E-state index is 11.7. The van der Waals surface area contributed by atoms with Gasteiger partial charge in [0.15, 0.2) is 0 Å². The van der Waals surface area contributed by atoms with Gasteiger partial charge < -0.3 is 10.6 Å². The van der Waals surface area contributed by atoms with Crippen LogP contribution in [0, 0.1) is 12.3 Å². The van der Waals surface area contributed by atoms with Crippen molar-refractivity contribution in [2.24, 2.45) is 0 Å². The molecule has 2 N–H and O–H groups in total. The van der Waals surface area contributed by atoms with E-state index in [1.165, 1.54) is 5.56 Å².